The van der Waals surface area contributed by atoms with E-state index in [4.69, 9.17) is 42.1 Å². The number of hydrogen-bond acceptors (Lipinski definition) is 9. The van der Waals surface area contributed by atoms with Crippen LogP contribution in [0.2, 0.25) is 10.0 Å². The lowest BCUT2D eigenvalue weighted by Gasteiger charge is -2.44. The van der Waals surface area contributed by atoms with Crippen LogP contribution in [0, 0.1) is 17.0 Å². The Kier molecular flexibility index (Phi) is 11.0. The van der Waals surface area contributed by atoms with Gasteiger partial charge >= 0.3 is 12.1 Å². The molecule has 4 fully saturated rings. The molecule has 11 nitrogen and oxygen atoms in total. The summed E-state index contributed by atoms with van der Waals surface area (Å²) in [6, 6.07) is 15.8. The second-order valence-electron chi connectivity index (χ2n) is 13.6. The van der Waals surface area contributed by atoms with Gasteiger partial charge in [0, 0.05) is 24.7 Å². The van der Waals surface area contributed by atoms with Crippen LogP contribution in [0.3, 0.4) is 0 Å². The minimum atomic E-state index is -0.846. The van der Waals surface area contributed by atoms with Crippen LogP contribution in [0.1, 0.15) is 58.8 Å². The molecule has 8 rings (SSSR count). The second kappa shape index (κ2) is 16.0. The predicted octanol–water partition coefficient (Wildman–Crippen LogP) is 7.20. The molecule has 0 spiro atoms. The number of pyridine rings is 2. The number of fused-ring (bicyclic) bond motifs is 3. The largest absolute Gasteiger partial charge is 0.619 e. The number of aromatic nitrogens is 2. The van der Waals surface area contributed by atoms with Gasteiger partial charge in [-0.15, -0.1) is 0 Å². The van der Waals surface area contributed by atoms with Crippen molar-refractivity contribution in [3.63, 3.8) is 0 Å². The minimum Gasteiger partial charge on any atom is -0.619 e. The number of methoxy groups -OCH3 is 1. The minimum absolute atomic E-state index is 0.0958. The lowest BCUT2D eigenvalue weighted by molar-refractivity contribution is -0.605. The number of esters is 1. The molecule has 1 saturated carbocycles. The molecule has 2 aromatic heterocycles. The summed E-state index contributed by atoms with van der Waals surface area (Å²) in [5, 5.41) is 12.3. The maximum absolute atomic E-state index is 13.7. The molecule has 1 amide bonds. The number of halogens is 2. The van der Waals surface area contributed by atoms with Crippen LogP contribution in [-0.4, -0.2) is 61.4 Å². The van der Waals surface area contributed by atoms with E-state index in [0.29, 0.717) is 57.0 Å². The van der Waals surface area contributed by atoms with Crippen molar-refractivity contribution in [2.75, 3.05) is 38.3 Å². The number of rotatable bonds is 13. The number of hydrogen-bond donors (Lipinski definition) is 0. The van der Waals surface area contributed by atoms with Crippen LogP contribution in [0.15, 0.2) is 79.4 Å². The molecule has 4 aromatic rings. The fourth-order valence-corrected chi connectivity index (χ4v) is 7.37. The van der Waals surface area contributed by atoms with Gasteiger partial charge in [-0.25, -0.2) is 9.59 Å². The van der Waals surface area contributed by atoms with E-state index in [1.54, 1.807) is 72.9 Å². The van der Waals surface area contributed by atoms with Crippen molar-refractivity contribution in [1.82, 2.24) is 9.88 Å². The van der Waals surface area contributed by atoms with Crippen molar-refractivity contribution in [2.24, 2.45) is 11.8 Å². The van der Waals surface area contributed by atoms with E-state index in [0.717, 1.165) is 50.9 Å². The van der Waals surface area contributed by atoms with Crippen LogP contribution >= 0.6 is 23.2 Å². The van der Waals surface area contributed by atoms with Gasteiger partial charge in [0.1, 0.15) is 22.3 Å². The third-order valence-electron chi connectivity index (χ3n) is 9.98. The van der Waals surface area contributed by atoms with Crippen LogP contribution in [0.5, 0.6) is 11.5 Å². The molecular weight excluding hydrogens is 707 g/mol. The number of ether oxygens (including phenoxy) is 4. The topological polar surface area (TPSA) is 117 Å². The summed E-state index contributed by atoms with van der Waals surface area (Å²) in [6.07, 6.45) is 8.68. The van der Waals surface area contributed by atoms with Gasteiger partial charge in [0.05, 0.1) is 37.7 Å². The maximum atomic E-state index is 13.7. The molecule has 2 atom stereocenters. The lowest BCUT2D eigenvalue weighted by Crippen LogP contribution is -2.53. The van der Waals surface area contributed by atoms with Gasteiger partial charge in [-0.05, 0) is 98.1 Å². The maximum Gasteiger partial charge on any atom is 0.414 e. The molecule has 4 aliphatic rings. The zero-order chi connectivity index (χ0) is 36.2. The Hall–Kier alpha value is -4.58. The van der Waals surface area contributed by atoms with E-state index in [9.17, 15) is 14.8 Å². The molecular formula is C39H40Cl2N4O7. The molecule has 3 saturated heterocycles. The van der Waals surface area contributed by atoms with Crippen molar-refractivity contribution < 1.29 is 33.3 Å². The number of benzene rings is 2. The molecule has 0 N–H and O–H groups in total. The lowest BCUT2D eigenvalue weighted by atomic mass is 9.86. The highest BCUT2D eigenvalue weighted by Crippen LogP contribution is 2.37. The molecule has 13 heteroatoms. The zero-order valence-electron chi connectivity index (χ0n) is 28.8. The second-order valence-corrected chi connectivity index (χ2v) is 14.4. The smallest absolute Gasteiger partial charge is 0.414 e. The summed E-state index contributed by atoms with van der Waals surface area (Å²) < 4.78 is 24.4. The molecule has 272 valence electrons. The monoisotopic (exact) mass is 746 g/mol. The number of carbonyl (C=O) groups excluding carboxylic acids is 2. The molecule has 2 aromatic carbocycles. The predicted molar refractivity (Wildman–Crippen MR) is 195 cm³/mol. The quantitative estimate of drug-likeness (QED) is 0.0796. The summed E-state index contributed by atoms with van der Waals surface area (Å²) >= 11 is 12.9. The van der Waals surface area contributed by atoms with Crippen LogP contribution in [0.25, 0.3) is 0 Å². The van der Waals surface area contributed by atoms with Crippen molar-refractivity contribution in [1.29, 1.82) is 0 Å². The van der Waals surface area contributed by atoms with E-state index >= 15 is 0 Å². The SMILES string of the molecule is COc1ccc([C@@H](Cc2c(Cl)c[n+]([O-])cc2Cl)OC(=O)c2ccc(CN(C(=O)O[C@H]3CN4CCC3CC4)c3cccnc3)cc2)cc1OCC1CC1. The average molecular weight is 748 g/mol. The Bertz CT molecular complexity index is 1860. The summed E-state index contributed by atoms with van der Waals surface area (Å²) in [5.74, 6) is 1.39. The molecule has 3 aliphatic heterocycles. The first kappa shape index (κ1) is 35.8. The highest BCUT2D eigenvalue weighted by atomic mass is 35.5. The van der Waals surface area contributed by atoms with Crippen molar-refractivity contribution in [2.45, 2.75) is 50.9 Å². The van der Waals surface area contributed by atoms with Gasteiger partial charge in [0.2, 0.25) is 0 Å². The Labute approximate surface area is 312 Å². The van der Waals surface area contributed by atoms with E-state index < -0.39 is 18.2 Å². The first-order valence-electron chi connectivity index (χ1n) is 17.5. The van der Waals surface area contributed by atoms with Gasteiger partial charge in [0.15, 0.2) is 23.9 Å². The summed E-state index contributed by atoms with van der Waals surface area (Å²) in [5.41, 5.74) is 2.79. The fourth-order valence-electron chi connectivity index (χ4n) is 6.78. The van der Waals surface area contributed by atoms with Gasteiger partial charge in [-0.2, -0.15) is 4.73 Å². The third-order valence-corrected chi connectivity index (χ3v) is 10.6. The molecule has 0 radical (unpaired) electrons. The number of piperidine rings is 3. The standard InChI is InChI=1S/C39H40Cl2N4O7/c1-49-34-11-10-29(17-36(34)50-24-26-4-5-26)35(18-31-32(40)21-44(48)22-33(31)41)51-38(46)28-8-6-25(7-9-28)20-45(30-3-2-14-42-19-30)39(47)52-37-23-43-15-12-27(37)13-16-43/h2-3,6-11,14,17,19,21-22,26-27,35,37H,4-5,12-13,15-16,18,20,23-24H2,1H3/t35-,37+/m1/s1. The van der Waals surface area contributed by atoms with Gasteiger partial charge in [-0.1, -0.05) is 41.4 Å². The summed E-state index contributed by atoms with van der Waals surface area (Å²) in [6.45, 7) is 3.62. The number of carbonyl (C=O) groups is 2. The highest BCUT2D eigenvalue weighted by Gasteiger charge is 2.37. The third kappa shape index (κ3) is 8.54. The molecule has 1 aliphatic carbocycles. The first-order valence-corrected chi connectivity index (χ1v) is 18.3. The Morgan fingerprint density at radius 2 is 1.77 bits per heavy atom. The van der Waals surface area contributed by atoms with Crippen LogP contribution < -0.4 is 19.1 Å². The molecule has 52 heavy (non-hydrogen) atoms. The average Bonchev–Trinajstić information content (AvgIpc) is 3.99. The van der Waals surface area contributed by atoms with Gasteiger partial charge in [0.25, 0.3) is 0 Å². The normalized spacial score (nSPS) is 19.8. The molecule has 5 heterocycles. The zero-order valence-corrected chi connectivity index (χ0v) is 30.3. The van der Waals surface area contributed by atoms with Crippen LogP contribution in [-0.2, 0) is 22.4 Å². The highest BCUT2D eigenvalue weighted by molar-refractivity contribution is 6.35. The van der Waals surface area contributed by atoms with E-state index in [2.05, 4.69) is 9.88 Å². The van der Waals surface area contributed by atoms with Gasteiger partial charge in [-0.3, -0.25) is 14.8 Å². The molecule has 2 bridgehead atoms. The number of nitrogens with zero attached hydrogens (tertiary/aromatic N) is 4. The van der Waals surface area contributed by atoms with Crippen molar-refractivity contribution in [3.05, 3.63) is 117 Å². The van der Waals surface area contributed by atoms with E-state index in [-0.39, 0.29) is 29.1 Å². The number of amides is 1. The summed E-state index contributed by atoms with van der Waals surface area (Å²) in [4.78, 5) is 35.5. The fraction of sp³-hybridized carbons (Fsp3) is 0.385. The molecule has 0 unspecified atom stereocenters. The van der Waals surface area contributed by atoms with Crippen molar-refractivity contribution >= 4 is 41.0 Å². The van der Waals surface area contributed by atoms with Gasteiger partial charge < -0.3 is 24.2 Å². The first-order chi connectivity index (χ1) is 25.2. The number of anilines is 1. The van der Waals surface area contributed by atoms with Crippen molar-refractivity contribution in [3.8, 4) is 11.5 Å². The Balaban J connectivity index is 1.09. The Morgan fingerprint density at radius 1 is 1.02 bits per heavy atom. The summed E-state index contributed by atoms with van der Waals surface area (Å²) in [7, 11) is 1.57. The Morgan fingerprint density at radius 3 is 2.40 bits per heavy atom. The van der Waals surface area contributed by atoms with E-state index in [1.165, 1.54) is 12.4 Å². The van der Waals surface area contributed by atoms with Crippen LogP contribution in [0.4, 0.5) is 10.5 Å². The van der Waals surface area contributed by atoms with E-state index in [1.807, 2.05) is 6.07 Å².